The van der Waals surface area contributed by atoms with Crippen LogP contribution in [0.2, 0.25) is 0 Å². The standard InChI is InChI=1S/C11H16N2O3S/c1-11(7-12,8-2-3-8)13-9(14)6-17-5-4-10(15)16/h8H,2-6H2,1H3,(H,13,14)(H,15,16). The van der Waals surface area contributed by atoms with Gasteiger partial charge >= 0.3 is 5.97 Å². The maximum atomic E-state index is 11.6. The van der Waals surface area contributed by atoms with Crippen LogP contribution >= 0.6 is 11.8 Å². The number of carbonyl (C=O) groups excluding carboxylic acids is 1. The molecule has 1 aliphatic carbocycles. The van der Waals surface area contributed by atoms with Crippen molar-refractivity contribution in [1.82, 2.24) is 5.32 Å². The summed E-state index contributed by atoms with van der Waals surface area (Å²) >= 11 is 1.27. The normalized spacial score (nSPS) is 17.9. The molecule has 0 heterocycles. The number of hydrogen-bond acceptors (Lipinski definition) is 4. The third kappa shape index (κ3) is 4.65. The first kappa shape index (κ1) is 13.8. The van der Waals surface area contributed by atoms with Crippen LogP contribution in [-0.2, 0) is 9.59 Å². The third-order valence-corrected chi connectivity index (χ3v) is 3.68. The molecule has 1 rings (SSSR count). The summed E-state index contributed by atoms with van der Waals surface area (Å²) in [5.41, 5.74) is -0.759. The number of nitrogens with one attached hydrogen (secondary N) is 1. The summed E-state index contributed by atoms with van der Waals surface area (Å²) in [5, 5.41) is 20.2. The van der Waals surface area contributed by atoms with Gasteiger partial charge in [-0.1, -0.05) is 0 Å². The largest absolute Gasteiger partial charge is 0.481 e. The van der Waals surface area contributed by atoms with E-state index >= 15 is 0 Å². The topological polar surface area (TPSA) is 90.2 Å². The van der Waals surface area contributed by atoms with Crippen molar-refractivity contribution in [2.24, 2.45) is 5.92 Å². The average molecular weight is 256 g/mol. The summed E-state index contributed by atoms with van der Waals surface area (Å²) < 4.78 is 0. The molecular formula is C11H16N2O3S. The molecule has 2 N–H and O–H groups in total. The van der Waals surface area contributed by atoms with Crippen LogP contribution in [-0.4, -0.2) is 34.0 Å². The SMILES string of the molecule is CC(C#N)(NC(=O)CSCCC(=O)O)C1CC1. The van der Waals surface area contributed by atoms with E-state index in [1.807, 2.05) is 0 Å². The number of amides is 1. The first-order chi connectivity index (χ1) is 7.98. The van der Waals surface area contributed by atoms with Gasteiger partial charge in [-0.15, -0.1) is 0 Å². The number of aliphatic carboxylic acids is 1. The zero-order valence-electron chi connectivity index (χ0n) is 9.73. The average Bonchev–Trinajstić information content (AvgIpc) is 3.08. The maximum absolute atomic E-state index is 11.6. The number of nitriles is 1. The van der Waals surface area contributed by atoms with Crippen molar-refractivity contribution in [2.75, 3.05) is 11.5 Å². The lowest BCUT2D eigenvalue weighted by molar-refractivity contribution is -0.136. The third-order valence-electron chi connectivity index (χ3n) is 2.72. The van der Waals surface area contributed by atoms with Crippen LogP contribution in [0.4, 0.5) is 0 Å². The fourth-order valence-corrected chi connectivity index (χ4v) is 2.25. The molecule has 0 bridgehead atoms. The summed E-state index contributed by atoms with van der Waals surface area (Å²) in [6.07, 6.45) is 2.02. The van der Waals surface area contributed by atoms with E-state index in [9.17, 15) is 9.59 Å². The van der Waals surface area contributed by atoms with Crippen LogP contribution < -0.4 is 5.32 Å². The number of carbonyl (C=O) groups is 2. The lowest BCUT2D eigenvalue weighted by Crippen LogP contribution is -2.47. The van der Waals surface area contributed by atoms with Crippen LogP contribution in [0.5, 0.6) is 0 Å². The predicted molar refractivity (Wildman–Crippen MR) is 64.5 cm³/mol. The highest BCUT2D eigenvalue weighted by Gasteiger charge is 2.42. The van der Waals surface area contributed by atoms with E-state index in [0.29, 0.717) is 5.75 Å². The van der Waals surface area contributed by atoms with E-state index in [1.54, 1.807) is 6.92 Å². The molecule has 1 aliphatic rings. The summed E-state index contributed by atoms with van der Waals surface area (Å²) in [4.78, 5) is 21.8. The molecule has 0 aliphatic heterocycles. The van der Waals surface area contributed by atoms with Crippen molar-refractivity contribution in [3.05, 3.63) is 0 Å². The molecule has 0 aromatic rings. The summed E-state index contributed by atoms with van der Waals surface area (Å²) in [6.45, 7) is 1.74. The number of rotatable bonds is 7. The molecule has 0 saturated heterocycles. The van der Waals surface area contributed by atoms with E-state index < -0.39 is 11.5 Å². The molecule has 0 aromatic carbocycles. The monoisotopic (exact) mass is 256 g/mol. The Kier molecular flexibility index (Phi) is 4.82. The van der Waals surface area contributed by atoms with Gasteiger partial charge in [-0.2, -0.15) is 17.0 Å². The van der Waals surface area contributed by atoms with Gasteiger partial charge in [0.15, 0.2) is 0 Å². The van der Waals surface area contributed by atoms with Crippen molar-refractivity contribution in [3.63, 3.8) is 0 Å². The lowest BCUT2D eigenvalue weighted by Gasteiger charge is -2.22. The molecule has 94 valence electrons. The van der Waals surface area contributed by atoms with Crippen molar-refractivity contribution in [1.29, 1.82) is 5.26 Å². The number of thioether (sulfide) groups is 1. The minimum Gasteiger partial charge on any atom is -0.481 e. The zero-order valence-corrected chi connectivity index (χ0v) is 10.5. The van der Waals surface area contributed by atoms with Crippen LogP contribution in [0.15, 0.2) is 0 Å². The Labute approximate surface area is 105 Å². The molecule has 6 heteroatoms. The summed E-state index contributed by atoms with van der Waals surface area (Å²) in [5.74, 6) is -0.179. The molecule has 0 radical (unpaired) electrons. The quantitative estimate of drug-likeness (QED) is 0.663. The highest BCUT2D eigenvalue weighted by Crippen LogP contribution is 2.39. The summed E-state index contributed by atoms with van der Waals surface area (Å²) in [6, 6.07) is 2.14. The molecule has 1 unspecified atom stereocenters. The molecule has 0 aromatic heterocycles. The van der Waals surface area contributed by atoms with Gasteiger partial charge in [0.2, 0.25) is 5.91 Å². The van der Waals surface area contributed by atoms with Gasteiger partial charge in [0, 0.05) is 5.75 Å². The second kappa shape index (κ2) is 5.92. The number of hydrogen-bond donors (Lipinski definition) is 2. The Morgan fingerprint density at radius 2 is 2.24 bits per heavy atom. The van der Waals surface area contributed by atoms with Gasteiger partial charge < -0.3 is 10.4 Å². The Bertz CT molecular complexity index is 349. The van der Waals surface area contributed by atoms with Crippen LogP contribution in [0.1, 0.15) is 26.2 Å². The second-order valence-electron chi connectivity index (χ2n) is 4.33. The second-order valence-corrected chi connectivity index (χ2v) is 5.44. The van der Waals surface area contributed by atoms with Gasteiger partial charge in [-0.25, -0.2) is 0 Å². The first-order valence-electron chi connectivity index (χ1n) is 5.50. The Balaban J connectivity index is 2.24. The van der Waals surface area contributed by atoms with Crippen molar-refractivity contribution >= 4 is 23.6 Å². The van der Waals surface area contributed by atoms with E-state index in [1.165, 1.54) is 11.8 Å². The van der Waals surface area contributed by atoms with E-state index in [-0.39, 0.29) is 24.0 Å². The van der Waals surface area contributed by atoms with Crippen LogP contribution in [0.25, 0.3) is 0 Å². The zero-order chi connectivity index (χ0) is 12.9. The highest BCUT2D eigenvalue weighted by atomic mass is 32.2. The van der Waals surface area contributed by atoms with Gasteiger partial charge in [0.05, 0.1) is 18.2 Å². The fourth-order valence-electron chi connectivity index (χ4n) is 1.53. The van der Waals surface area contributed by atoms with Crippen molar-refractivity contribution in [2.45, 2.75) is 31.7 Å². The first-order valence-corrected chi connectivity index (χ1v) is 6.65. The van der Waals surface area contributed by atoms with Gasteiger partial charge in [0.25, 0.3) is 0 Å². The van der Waals surface area contributed by atoms with Crippen molar-refractivity contribution in [3.8, 4) is 6.07 Å². The smallest absolute Gasteiger partial charge is 0.304 e. The minimum atomic E-state index is -0.863. The van der Waals surface area contributed by atoms with Gasteiger partial charge in [-0.3, -0.25) is 9.59 Å². The molecule has 1 atom stereocenters. The van der Waals surface area contributed by atoms with E-state index in [2.05, 4.69) is 11.4 Å². The molecule has 17 heavy (non-hydrogen) atoms. The molecule has 5 nitrogen and oxygen atoms in total. The molecule has 0 spiro atoms. The highest BCUT2D eigenvalue weighted by molar-refractivity contribution is 7.99. The Morgan fingerprint density at radius 1 is 1.59 bits per heavy atom. The van der Waals surface area contributed by atoms with Crippen LogP contribution in [0, 0.1) is 17.2 Å². The predicted octanol–water partition coefficient (Wildman–Crippen LogP) is 1.00. The molecule has 1 fully saturated rings. The number of carboxylic acids is 1. The molecule has 1 saturated carbocycles. The van der Waals surface area contributed by atoms with Crippen molar-refractivity contribution < 1.29 is 14.7 Å². The Morgan fingerprint density at radius 3 is 2.71 bits per heavy atom. The Hall–Kier alpha value is -1.22. The number of nitrogens with zero attached hydrogens (tertiary/aromatic N) is 1. The van der Waals surface area contributed by atoms with E-state index in [4.69, 9.17) is 10.4 Å². The lowest BCUT2D eigenvalue weighted by atomic mass is 9.98. The maximum Gasteiger partial charge on any atom is 0.304 e. The molecular weight excluding hydrogens is 240 g/mol. The van der Waals surface area contributed by atoms with E-state index in [0.717, 1.165) is 12.8 Å². The fraction of sp³-hybridized carbons (Fsp3) is 0.727. The van der Waals surface area contributed by atoms with Crippen LogP contribution in [0.3, 0.4) is 0 Å². The molecule has 1 amide bonds. The minimum absolute atomic E-state index is 0.0517. The summed E-state index contributed by atoms with van der Waals surface area (Å²) in [7, 11) is 0. The van der Waals surface area contributed by atoms with Gasteiger partial charge in [0.1, 0.15) is 5.54 Å². The number of carboxylic acid groups (broad SMARTS) is 1. The van der Waals surface area contributed by atoms with Gasteiger partial charge in [-0.05, 0) is 25.7 Å².